The van der Waals surface area contributed by atoms with Crippen LogP contribution in [0.1, 0.15) is 16.8 Å². The first-order valence-corrected chi connectivity index (χ1v) is 9.38. The highest BCUT2D eigenvalue weighted by Gasteiger charge is 2.15. The highest BCUT2D eigenvalue weighted by Crippen LogP contribution is 2.19. The third-order valence-corrected chi connectivity index (χ3v) is 5.07. The molecule has 26 heavy (non-hydrogen) atoms. The van der Waals surface area contributed by atoms with Gasteiger partial charge < -0.3 is 5.73 Å². The van der Waals surface area contributed by atoms with Crippen molar-refractivity contribution in [3.8, 4) is 0 Å². The van der Waals surface area contributed by atoms with E-state index >= 15 is 0 Å². The fourth-order valence-electron chi connectivity index (χ4n) is 2.34. The van der Waals surface area contributed by atoms with Crippen LogP contribution in [0.25, 0.3) is 0 Å². The number of hydrogen-bond donors (Lipinski definition) is 2. The molecule has 0 radical (unpaired) electrons. The molecule has 0 aliphatic rings. The number of nitrogens with two attached hydrogens (primary N) is 1. The van der Waals surface area contributed by atoms with E-state index in [0.29, 0.717) is 11.3 Å². The molecule has 0 fully saturated rings. The predicted molar refractivity (Wildman–Crippen MR) is 103 cm³/mol. The van der Waals surface area contributed by atoms with Crippen molar-refractivity contribution in [1.29, 1.82) is 0 Å². The van der Waals surface area contributed by atoms with E-state index in [0.717, 1.165) is 11.3 Å². The average Bonchev–Trinajstić information content (AvgIpc) is 2.91. The van der Waals surface area contributed by atoms with Gasteiger partial charge in [-0.3, -0.25) is 4.72 Å². The first kappa shape index (κ1) is 17.7. The summed E-state index contributed by atoms with van der Waals surface area (Å²) in [4.78, 5) is 4.27. The molecule has 0 unspecified atom stereocenters. The zero-order chi connectivity index (χ0) is 18.7. The number of anilines is 2. The van der Waals surface area contributed by atoms with Gasteiger partial charge in [0.25, 0.3) is 10.0 Å². The van der Waals surface area contributed by atoms with E-state index < -0.39 is 10.0 Å². The first-order chi connectivity index (χ1) is 12.3. The number of rotatable bonds is 5. The van der Waals surface area contributed by atoms with E-state index in [1.807, 2.05) is 13.8 Å². The summed E-state index contributed by atoms with van der Waals surface area (Å²) in [7, 11) is -3.70. The van der Waals surface area contributed by atoms with Gasteiger partial charge in [-0.25, -0.2) is 18.1 Å². The van der Waals surface area contributed by atoms with Gasteiger partial charge in [0, 0.05) is 5.56 Å². The van der Waals surface area contributed by atoms with E-state index in [1.165, 1.54) is 10.9 Å². The Morgan fingerprint density at radius 1 is 1.12 bits per heavy atom. The molecule has 0 saturated heterocycles. The minimum absolute atomic E-state index is 0.198. The van der Waals surface area contributed by atoms with Crippen LogP contribution in [0.4, 0.5) is 11.6 Å². The third-order valence-electron chi connectivity index (χ3n) is 3.69. The molecule has 134 valence electrons. The second-order valence-electron chi connectivity index (χ2n) is 5.84. The van der Waals surface area contributed by atoms with Gasteiger partial charge in [0.2, 0.25) is 5.95 Å². The molecule has 0 aliphatic heterocycles. The minimum atomic E-state index is -3.70. The number of hydrogen-bond acceptors (Lipinski definition) is 5. The number of nitrogens with one attached hydrogen (secondary N) is 1. The number of para-hydroxylation sites is 1. The number of nitrogen functional groups attached to an aromatic ring is 1. The molecule has 0 bridgehead atoms. The van der Waals surface area contributed by atoms with Crippen LogP contribution in [0.3, 0.4) is 0 Å². The van der Waals surface area contributed by atoms with Crippen molar-refractivity contribution in [2.75, 3.05) is 10.5 Å². The molecule has 3 N–H and O–H groups in total. The summed E-state index contributed by atoms with van der Waals surface area (Å²) < 4.78 is 29.2. The topological polar surface area (TPSA) is 102 Å². The lowest BCUT2D eigenvalue weighted by molar-refractivity contribution is 0.601. The Kier molecular flexibility index (Phi) is 4.77. The van der Waals surface area contributed by atoms with E-state index in [2.05, 4.69) is 14.8 Å². The van der Waals surface area contributed by atoms with Crippen molar-refractivity contribution in [1.82, 2.24) is 9.66 Å². The maximum Gasteiger partial charge on any atom is 0.261 e. The number of imidazole rings is 1. The molecule has 3 aromatic rings. The van der Waals surface area contributed by atoms with Gasteiger partial charge in [-0.05, 0) is 32.0 Å². The molecule has 1 heterocycles. The van der Waals surface area contributed by atoms with Gasteiger partial charge in [0.05, 0.1) is 28.7 Å². The second kappa shape index (κ2) is 7.01. The maximum atomic E-state index is 12.6. The Balaban J connectivity index is 1.90. The number of benzene rings is 2. The molecule has 0 aliphatic carbocycles. The van der Waals surface area contributed by atoms with Gasteiger partial charge in [-0.1, -0.05) is 35.9 Å². The second-order valence-corrected chi connectivity index (χ2v) is 7.52. The molecule has 8 heteroatoms. The summed E-state index contributed by atoms with van der Waals surface area (Å²) in [6, 6.07) is 13.6. The Morgan fingerprint density at radius 2 is 1.81 bits per heavy atom. The van der Waals surface area contributed by atoms with Crippen LogP contribution in [-0.4, -0.2) is 24.3 Å². The Hall–Kier alpha value is -3.13. The molecule has 0 atom stereocenters. The normalized spacial score (nSPS) is 11.8. The summed E-state index contributed by atoms with van der Waals surface area (Å²) in [5.74, 6) is 0.261. The molecule has 1 aromatic heterocycles. The van der Waals surface area contributed by atoms with Crippen molar-refractivity contribution in [3.63, 3.8) is 0 Å². The lowest BCUT2D eigenvalue weighted by Gasteiger charge is -2.10. The molecule has 0 amide bonds. The fourth-order valence-corrected chi connectivity index (χ4v) is 3.43. The quantitative estimate of drug-likeness (QED) is 0.675. The zero-order valence-corrected chi connectivity index (χ0v) is 15.2. The molecular weight excluding hydrogens is 350 g/mol. The molecule has 3 rings (SSSR count). The van der Waals surface area contributed by atoms with Gasteiger partial charge in [-0.2, -0.15) is 5.10 Å². The van der Waals surface area contributed by atoms with Crippen molar-refractivity contribution in [3.05, 3.63) is 71.5 Å². The van der Waals surface area contributed by atoms with Gasteiger partial charge >= 0.3 is 0 Å². The monoisotopic (exact) mass is 369 g/mol. The first-order valence-electron chi connectivity index (χ1n) is 7.89. The summed E-state index contributed by atoms with van der Waals surface area (Å²) in [6.07, 6.45) is 3.22. The summed E-state index contributed by atoms with van der Waals surface area (Å²) >= 11 is 0. The summed E-state index contributed by atoms with van der Waals surface area (Å²) in [5.41, 5.74) is 8.52. The van der Waals surface area contributed by atoms with Crippen LogP contribution in [-0.2, 0) is 10.0 Å². The lowest BCUT2D eigenvalue weighted by atomic mass is 10.2. The van der Waals surface area contributed by atoms with Crippen molar-refractivity contribution in [2.45, 2.75) is 18.7 Å². The van der Waals surface area contributed by atoms with Gasteiger partial charge in [-0.15, -0.1) is 0 Å². The zero-order valence-electron chi connectivity index (χ0n) is 14.4. The van der Waals surface area contributed by atoms with E-state index in [4.69, 9.17) is 5.73 Å². The number of aryl methyl sites for hydroxylation is 2. The lowest BCUT2D eigenvalue weighted by Crippen LogP contribution is -2.14. The largest absolute Gasteiger partial charge is 0.368 e. The Labute approximate surface area is 152 Å². The van der Waals surface area contributed by atoms with Crippen molar-refractivity contribution >= 4 is 27.9 Å². The van der Waals surface area contributed by atoms with Gasteiger partial charge in [0.1, 0.15) is 0 Å². The standard InChI is InChI=1S/C18H19N5O2S/c1-13-7-9-16(10-8-13)26(24,25)22-17-6-4-3-5-15(17)11-20-23-12-14(2)21-18(23)19/h3-12,22H,1-2H3,(H2,19,21). The Bertz CT molecular complexity index is 1050. The molecule has 0 saturated carbocycles. The van der Waals surface area contributed by atoms with Crippen molar-refractivity contribution < 1.29 is 8.42 Å². The predicted octanol–water partition coefficient (Wildman–Crippen LogP) is 2.77. The van der Waals surface area contributed by atoms with Crippen LogP contribution in [0.15, 0.2) is 64.7 Å². The average molecular weight is 369 g/mol. The van der Waals surface area contributed by atoms with Gasteiger partial charge in [0.15, 0.2) is 0 Å². The third kappa shape index (κ3) is 3.92. The molecule has 7 nitrogen and oxygen atoms in total. The van der Waals surface area contributed by atoms with E-state index in [1.54, 1.807) is 54.7 Å². The van der Waals surface area contributed by atoms with Crippen LogP contribution < -0.4 is 10.5 Å². The van der Waals surface area contributed by atoms with Crippen LogP contribution in [0.5, 0.6) is 0 Å². The summed E-state index contributed by atoms with van der Waals surface area (Å²) in [5, 5.41) is 4.24. The van der Waals surface area contributed by atoms with Crippen LogP contribution in [0.2, 0.25) is 0 Å². The van der Waals surface area contributed by atoms with Crippen LogP contribution in [0, 0.1) is 13.8 Å². The van der Waals surface area contributed by atoms with Crippen LogP contribution >= 0.6 is 0 Å². The maximum absolute atomic E-state index is 12.6. The summed E-state index contributed by atoms with van der Waals surface area (Å²) in [6.45, 7) is 3.71. The number of sulfonamides is 1. The SMILES string of the molecule is Cc1ccc(S(=O)(=O)Nc2ccccc2C=Nn2cc(C)nc2N)cc1. The fraction of sp³-hybridized carbons (Fsp3) is 0.111. The highest BCUT2D eigenvalue weighted by atomic mass is 32.2. The van der Waals surface area contributed by atoms with Crippen molar-refractivity contribution in [2.24, 2.45) is 5.10 Å². The number of nitrogens with zero attached hydrogens (tertiary/aromatic N) is 3. The molecule has 2 aromatic carbocycles. The smallest absolute Gasteiger partial charge is 0.261 e. The van der Waals surface area contributed by atoms with E-state index in [-0.39, 0.29) is 10.8 Å². The minimum Gasteiger partial charge on any atom is -0.368 e. The molecule has 0 spiro atoms. The number of aromatic nitrogens is 2. The molecular formula is C18H19N5O2S. The van der Waals surface area contributed by atoms with E-state index in [9.17, 15) is 8.42 Å². The highest BCUT2D eigenvalue weighted by molar-refractivity contribution is 7.92. The Morgan fingerprint density at radius 3 is 2.46 bits per heavy atom.